The summed E-state index contributed by atoms with van der Waals surface area (Å²) in [7, 11) is -4.28. The molecule has 1 aromatic rings. The lowest BCUT2D eigenvalue weighted by atomic mass is 10.3. The highest BCUT2D eigenvalue weighted by atomic mass is 32.2. The molecule has 0 heterocycles. The van der Waals surface area contributed by atoms with Gasteiger partial charge in [-0.2, -0.15) is 8.42 Å². The minimum Gasteiger partial charge on any atom is -0.506 e. The van der Waals surface area contributed by atoms with Crippen LogP contribution >= 0.6 is 0 Å². The van der Waals surface area contributed by atoms with Gasteiger partial charge < -0.3 is 10.2 Å². The average Bonchev–Trinajstić information content (AvgIpc) is 2.17. The van der Waals surface area contributed by atoms with E-state index in [4.69, 9.17) is 14.8 Å². The molecule has 0 fully saturated rings. The van der Waals surface area contributed by atoms with Crippen molar-refractivity contribution in [2.45, 2.75) is 4.90 Å². The highest BCUT2D eigenvalue weighted by molar-refractivity contribution is 7.86. The number of hydrogen-bond donors (Lipinski definition) is 3. The van der Waals surface area contributed by atoms with Gasteiger partial charge in [0.05, 0.1) is 0 Å². The predicted molar refractivity (Wildman–Crippen MR) is 53.8 cm³/mol. The third-order valence-corrected chi connectivity index (χ3v) is 2.14. The van der Waals surface area contributed by atoms with Crippen molar-refractivity contribution >= 4 is 10.1 Å². The number of aliphatic hydroxyl groups is 1. The second kappa shape index (κ2) is 6.03. The first-order valence-corrected chi connectivity index (χ1v) is 5.17. The van der Waals surface area contributed by atoms with Crippen molar-refractivity contribution in [1.82, 2.24) is 0 Å². The van der Waals surface area contributed by atoms with Crippen molar-refractivity contribution in [1.29, 1.82) is 0 Å². The number of terminal acetylenes is 1. The quantitative estimate of drug-likeness (QED) is 0.475. The standard InChI is InChI=1S/C6H6O4S.C3H4O/c7-5-3-1-2-4-6(5)11(8,9)10;1-2-3-4/h1-4,7H,(H,8,9,10);1,4H,3H2. The number of para-hydroxylation sites is 1. The zero-order chi connectivity index (χ0) is 11.9. The lowest BCUT2D eigenvalue weighted by molar-refractivity contribution is 0.351. The van der Waals surface area contributed by atoms with Gasteiger partial charge in [0, 0.05) is 0 Å². The molecule has 0 aromatic heterocycles. The summed E-state index contributed by atoms with van der Waals surface area (Å²) in [5.74, 6) is 1.54. The van der Waals surface area contributed by atoms with Crippen LogP contribution in [0.4, 0.5) is 0 Å². The van der Waals surface area contributed by atoms with Gasteiger partial charge in [-0.25, -0.2) is 0 Å². The lowest BCUT2D eigenvalue weighted by Gasteiger charge is -1.97. The van der Waals surface area contributed by atoms with Crippen molar-refractivity contribution in [3.05, 3.63) is 24.3 Å². The fourth-order valence-corrected chi connectivity index (χ4v) is 1.26. The average molecular weight is 230 g/mol. The van der Waals surface area contributed by atoms with E-state index in [1.165, 1.54) is 18.2 Å². The van der Waals surface area contributed by atoms with Crippen molar-refractivity contribution in [3.8, 4) is 18.1 Å². The first-order valence-electron chi connectivity index (χ1n) is 3.73. The molecule has 82 valence electrons. The molecule has 0 aliphatic carbocycles. The summed E-state index contributed by atoms with van der Waals surface area (Å²) < 4.78 is 29.4. The van der Waals surface area contributed by atoms with Crippen LogP contribution in [0.1, 0.15) is 0 Å². The summed E-state index contributed by atoms with van der Waals surface area (Å²) in [6.45, 7) is -0.153. The number of aromatic hydroxyl groups is 1. The van der Waals surface area contributed by atoms with E-state index < -0.39 is 20.8 Å². The molecular formula is C9H10O5S. The number of benzene rings is 1. The Balaban J connectivity index is 0.000000423. The zero-order valence-electron chi connectivity index (χ0n) is 7.66. The van der Waals surface area contributed by atoms with Crippen molar-refractivity contribution in [3.63, 3.8) is 0 Å². The number of rotatable bonds is 1. The molecule has 0 saturated carbocycles. The van der Waals surface area contributed by atoms with E-state index in [0.717, 1.165) is 6.07 Å². The maximum Gasteiger partial charge on any atom is 0.298 e. The molecule has 1 aromatic carbocycles. The number of phenolic OH excluding ortho intramolecular Hbond substituents is 1. The fourth-order valence-electron chi connectivity index (χ4n) is 0.675. The highest BCUT2D eigenvalue weighted by Crippen LogP contribution is 2.20. The van der Waals surface area contributed by atoms with Gasteiger partial charge in [-0.05, 0) is 12.1 Å². The topological polar surface area (TPSA) is 94.8 Å². The minimum atomic E-state index is -4.28. The largest absolute Gasteiger partial charge is 0.506 e. The summed E-state index contributed by atoms with van der Waals surface area (Å²) in [5, 5.41) is 16.5. The molecule has 1 rings (SSSR count). The highest BCUT2D eigenvalue weighted by Gasteiger charge is 2.12. The normalized spacial score (nSPS) is 9.67. The van der Waals surface area contributed by atoms with E-state index in [1.807, 2.05) is 5.92 Å². The molecule has 0 bridgehead atoms. The van der Waals surface area contributed by atoms with Crippen molar-refractivity contribution in [2.24, 2.45) is 0 Å². The van der Waals surface area contributed by atoms with E-state index in [1.54, 1.807) is 0 Å². The molecule has 6 heteroatoms. The Kier molecular flexibility index (Phi) is 5.41. The SMILES string of the molecule is C#CCO.O=S(=O)(O)c1ccccc1O. The van der Waals surface area contributed by atoms with Crippen molar-refractivity contribution < 1.29 is 23.2 Å². The van der Waals surface area contributed by atoms with E-state index in [2.05, 4.69) is 6.42 Å². The van der Waals surface area contributed by atoms with Gasteiger partial charge in [-0.3, -0.25) is 4.55 Å². The lowest BCUT2D eigenvalue weighted by Crippen LogP contribution is -1.97. The van der Waals surface area contributed by atoms with Crippen LogP contribution in [0, 0.1) is 12.3 Å². The van der Waals surface area contributed by atoms with Gasteiger partial charge in [0.25, 0.3) is 10.1 Å². The second-order valence-electron chi connectivity index (χ2n) is 2.31. The Morgan fingerprint density at radius 2 is 1.80 bits per heavy atom. The maximum absolute atomic E-state index is 10.4. The predicted octanol–water partition coefficient (Wildman–Crippen LogP) is 0.251. The molecule has 0 unspecified atom stereocenters. The van der Waals surface area contributed by atoms with Gasteiger partial charge in [0.1, 0.15) is 17.3 Å². The van der Waals surface area contributed by atoms with Crippen LogP contribution in [0.2, 0.25) is 0 Å². The molecule has 0 spiro atoms. The molecule has 0 saturated heterocycles. The van der Waals surface area contributed by atoms with Crippen LogP contribution in [-0.2, 0) is 10.1 Å². The van der Waals surface area contributed by atoms with E-state index in [0.29, 0.717) is 0 Å². The van der Waals surface area contributed by atoms with Crippen LogP contribution in [0.15, 0.2) is 29.2 Å². The van der Waals surface area contributed by atoms with Gasteiger partial charge >= 0.3 is 0 Å². The first-order chi connectivity index (χ1) is 6.93. The maximum atomic E-state index is 10.4. The van der Waals surface area contributed by atoms with Crippen LogP contribution in [0.25, 0.3) is 0 Å². The molecule has 0 aliphatic heterocycles. The van der Waals surface area contributed by atoms with Crippen LogP contribution in [0.3, 0.4) is 0 Å². The molecule has 3 N–H and O–H groups in total. The summed E-state index contributed by atoms with van der Waals surface area (Å²) in [5.41, 5.74) is 0. The van der Waals surface area contributed by atoms with E-state index in [-0.39, 0.29) is 6.61 Å². The molecule has 0 aliphatic rings. The number of phenols is 1. The number of aliphatic hydroxyl groups excluding tert-OH is 1. The molecule has 0 radical (unpaired) electrons. The minimum absolute atomic E-state index is 0.153. The Labute approximate surface area is 87.7 Å². The van der Waals surface area contributed by atoms with Crippen molar-refractivity contribution in [2.75, 3.05) is 6.61 Å². The zero-order valence-corrected chi connectivity index (χ0v) is 8.48. The summed E-state index contributed by atoms with van der Waals surface area (Å²) in [6.07, 6.45) is 4.53. The fraction of sp³-hybridized carbons (Fsp3) is 0.111. The third kappa shape index (κ3) is 5.02. The molecular weight excluding hydrogens is 220 g/mol. The van der Waals surface area contributed by atoms with Gasteiger partial charge in [0.15, 0.2) is 0 Å². The Morgan fingerprint density at radius 3 is 2.07 bits per heavy atom. The summed E-state index contributed by atoms with van der Waals surface area (Å²) in [4.78, 5) is -0.472. The third-order valence-electron chi connectivity index (χ3n) is 1.23. The van der Waals surface area contributed by atoms with E-state index >= 15 is 0 Å². The molecule has 0 amide bonds. The molecule has 0 atom stereocenters. The van der Waals surface area contributed by atoms with E-state index in [9.17, 15) is 8.42 Å². The Bertz CT molecular complexity index is 444. The van der Waals surface area contributed by atoms with Crippen LogP contribution in [0.5, 0.6) is 5.75 Å². The Morgan fingerprint density at radius 1 is 1.33 bits per heavy atom. The Hall–Kier alpha value is -1.55. The number of hydrogen-bond acceptors (Lipinski definition) is 4. The van der Waals surface area contributed by atoms with Crippen LogP contribution < -0.4 is 0 Å². The first kappa shape index (κ1) is 13.4. The van der Waals surface area contributed by atoms with Gasteiger partial charge in [0.2, 0.25) is 0 Å². The second-order valence-corrected chi connectivity index (χ2v) is 3.69. The van der Waals surface area contributed by atoms with Crippen LogP contribution in [-0.4, -0.2) is 29.8 Å². The van der Waals surface area contributed by atoms with Gasteiger partial charge in [-0.15, -0.1) is 6.42 Å². The summed E-state index contributed by atoms with van der Waals surface area (Å²) in [6, 6.07) is 5.17. The smallest absolute Gasteiger partial charge is 0.298 e. The van der Waals surface area contributed by atoms with Gasteiger partial charge in [-0.1, -0.05) is 18.1 Å². The monoisotopic (exact) mass is 230 g/mol. The molecule has 15 heavy (non-hydrogen) atoms. The molecule has 5 nitrogen and oxygen atoms in total. The summed E-state index contributed by atoms with van der Waals surface area (Å²) >= 11 is 0.